The maximum Gasteiger partial charge on any atom is 0.355 e. The quantitative estimate of drug-likeness (QED) is 0.465. The van der Waals surface area contributed by atoms with E-state index in [-0.39, 0.29) is 36.9 Å². The predicted molar refractivity (Wildman–Crippen MR) is 106 cm³/mol. The zero-order valence-corrected chi connectivity index (χ0v) is 17.4. The molecule has 1 aromatic heterocycles. The van der Waals surface area contributed by atoms with Crippen LogP contribution in [0.3, 0.4) is 0 Å². The van der Waals surface area contributed by atoms with Gasteiger partial charge in [-0.3, -0.25) is 14.5 Å². The first-order valence-corrected chi connectivity index (χ1v) is 9.92. The van der Waals surface area contributed by atoms with Gasteiger partial charge in [0.05, 0.1) is 17.9 Å². The fourth-order valence-electron chi connectivity index (χ4n) is 2.62. The van der Waals surface area contributed by atoms with Gasteiger partial charge in [0.1, 0.15) is 10.0 Å². The number of H-pyrrole nitrogens is 1. The second-order valence-corrected chi connectivity index (χ2v) is 7.48. The summed E-state index contributed by atoms with van der Waals surface area (Å²) in [6.07, 6.45) is 0. The molecule has 0 aromatic carbocycles. The molecule has 2 N–H and O–H groups in total. The van der Waals surface area contributed by atoms with Crippen LogP contribution in [0.5, 0.6) is 0 Å². The molecule has 0 aliphatic carbocycles. The Morgan fingerprint density at radius 3 is 2.57 bits per heavy atom. The van der Waals surface area contributed by atoms with Crippen molar-refractivity contribution < 1.29 is 28.7 Å². The monoisotopic (exact) mass is 427 g/mol. The minimum atomic E-state index is -0.751. The Morgan fingerprint density at radius 2 is 1.96 bits per heavy atom. The highest BCUT2D eigenvalue weighted by atomic mass is 32.2. The Bertz CT molecular complexity index is 804. The lowest BCUT2D eigenvalue weighted by atomic mass is 10.1. The van der Waals surface area contributed by atoms with Gasteiger partial charge in [-0.05, 0) is 26.3 Å². The van der Waals surface area contributed by atoms with Crippen LogP contribution in [0.4, 0.5) is 0 Å². The standard InChI is InChI=1S/C17H21N3O6S2/c1-4-25-15(23)13-9(2)14(19-10(13)3)16(24)26-7-11(21)18-5-6-20-12(22)8-28-17(20)27/h19H,4-8H2,1-3H3,(H,18,21). The van der Waals surface area contributed by atoms with E-state index >= 15 is 0 Å². The Balaban J connectivity index is 1.84. The van der Waals surface area contributed by atoms with Crippen molar-refractivity contribution in [3.05, 3.63) is 22.5 Å². The highest BCUT2D eigenvalue weighted by Crippen LogP contribution is 2.20. The van der Waals surface area contributed by atoms with Crippen molar-refractivity contribution in [1.82, 2.24) is 15.2 Å². The largest absolute Gasteiger partial charge is 0.462 e. The number of hydrogen-bond donors (Lipinski definition) is 2. The first-order valence-electron chi connectivity index (χ1n) is 8.53. The summed E-state index contributed by atoms with van der Waals surface area (Å²) in [4.78, 5) is 51.8. The molecule has 0 spiro atoms. The molecule has 0 saturated carbocycles. The van der Waals surface area contributed by atoms with E-state index in [9.17, 15) is 19.2 Å². The Labute approximate surface area is 171 Å². The third-order valence-corrected chi connectivity index (χ3v) is 5.39. The Morgan fingerprint density at radius 1 is 1.25 bits per heavy atom. The number of carbonyl (C=O) groups excluding carboxylic acids is 4. The van der Waals surface area contributed by atoms with Gasteiger partial charge in [-0.2, -0.15) is 0 Å². The van der Waals surface area contributed by atoms with Gasteiger partial charge in [0.25, 0.3) is 5.91 Å². The third-order valence-electron chi connectivity index (χ3n) is 3.95. The third kappa shape index (κ3) is 5.10. The molecule has 152 valence electrons. The van der Waals surface area contributed by atoms with Crippen molar-refractivity contribution in [2.45, 2.75) is 20.8 Å². The molecule has 11 heteroatoms. The average Bonchev–Trinajstić information content (AvgIpc) is 3.12. The van der Waals surface area contributed by atoms with Gasteiger partial charge >= 0.3 is 11.9 Å². The number of aryl methyl sites for hydroxylation is 1. The van der Waals surface area contributed by atoms with Crippen molar-refractivity contribution in [3.8, 4) is 0 Å². The highest BCUT2D eigenvalue weighted by molar-refractivity contribution is 8.23. The summed E-state index contributed by atoms with van der Waals surface area (Å²) >= 11 is 6.33. The zero-order valence-electron chi connectivity index (χ0n) is 15.7. The number of thiocarbonyl (C=S) groups is 1. The number of thioether (sulfide) groups is 1. The number of nitrogens with zero attached hydrogens (tertiary/aromatic N) is 1. The van der Waals surface area contributed by atoms with Crippen molar-refractivity contribution >= 4 is 52.1 Å². The lowest BCUT2D eigenvalue weighted by Crippen LogP contribution is -2.38. The molecule has 1 fully saturated rings. The minimum Gasteiger partial charge on any atom is -0.462 e. The average molecular weight is 428 g/mol. The lowest BCUT2D eigenvalue weighted by Gasteiger charge is -2.15. The van der Waals surface area contributed by atoms with E-state index in [1.807, 2.05) is 0 Å². The van der Waals surface area contributed by atoms with Crippen molar-refractivity contribution in [2.75, 3.05) is 32.1 Å². The van der Waals surface area contributed by atoms with Crippen LogP contribution < -0.4 is 5.32 Å². The van der Waals surface area contributed by atoms with Crippen LogP contribution in [0.2, 0.25) is 0 Å². The summed E-state index contributed by atoms with van der Waals surface area (Å²) in [6.45, 7) is 5.12. The lowest BCUT2D eigenvalue weighted by molar-refractivity contribution is -0.126. The molecule has 1 saturated heterocycles. The summed E-state index contributed by atoms with van der Waals surface area (Å²) in [5.74, 6) is -1.57. The number of hydrogen-bond acceptors (Lipinski definition) is 8. The number of nitrogens with one attached hydrogen (secondary N) is 2. The molecule has 2 heterocycles. The number of rotatable bonds is 8. The maximum absolute atomic E-state index is 12.2. The number of amides is 2. The first-order chi connectivity index (χ1) is 13.3. The van der Waals surface area contributed by atoms with E-state index < -0.39 is 24.5 Å². The van der Waals surface area contributed by atoms with Crippen LogP contribution in [-0.4, -0.2) is 70.0 Å². The number of aromatic nitrogens is 1. The minimum absolute atomic E-state index is 0.0920. The predicted octanol–water partition coefficient (Wildman–Crippen LogP) is 0.942. The van der Waals surface area contributed by atoms with Crippen LogP contribution in [0.1, 0.15) is 39.0 Å². The normalized spacial score (nSPS) is 13.6. The van der Waals surface area contributed by atoms with E-state index in [0.29, 0.717) is 21.3 Å². The van der Waals surface area contributed by atoms with Crippen LogP contribution in [0.25, 0.3) is 0 Å². The topological polar surface area (TPSA) is 118 Å². The van der Waals surface area contributed by atoms with E-state index in [4.69, 9.17) is 21.7 Å². The molecule has 2 rings (SSSR count). The van der Waals surface area contributed by atoms with Gasteiger partial charge in [-0.25, -0.2) is 9.59 Å². The fraction of sp³-hybridized carbons (Fsp3) is 0.471. The second kappa shape index (κ2) is 9.69. The van der Waals surface area contributed by atoms with Crippen molar-refractivity contribution in [2.24, 2.45) is 0 Å². The zero-order chi connectivity index (χ0) is 20.8. The molecule has 1 aliphatic heterocycles. The van der Waals surface area contributed by atoms with E-state index in [0.717, 1.165) is 0 Å². The molecule has 0 atom stereocenters. The van der Waals surface area contributed by atoms with Crippen molar-refractivity contribution in [1.29, 1.82) is 0 Å². The molecular weight excluding hydrogens is 406 g/mol. The van der Waals surface area contributed by atoms with Crippen LogP contribution in [0.15, 0.2) is 0 Å². The van der Waals surface area contributed by atoms with E-state index in [2.05, 4.69) is 10.3 Å². The van der Waals surface area contributed by atoms with Gasteiger partial charge < -0.3 is 19.8 Å². The molecule has 28 heavy (non-hydrogen) atoms. The van der Waals surface area contributed by atoms with Crippen LogP contribution in [-0.2, 0) is 19.1 Å². The first kappa shape index (κ1) is 21.9. The molecule has 1 aromatic rings. The number of aromatic amines is 1. The number of esters is 2. The molecule has 1 aliphatic rings. The molecule has 9 nitrogen and oxygen atoms in total. The fourth-order valence-corrected chi connectivity index (χ4v) is 3.74. The number of ether oxygens (including phenoxy) is 2. The van der Waals surface area contributed by atoms with Crippen molar-refractivity contribution in [3.63, 3.8) is 0 Å². The SMILES string of the molecule is CCOC(=O)c1c(C)[nH]c(C(=O)OCC(=O)NCCN2C(=O)CSC2=S)c1C. The maximum atomic E-state index is 12.2. The van der Waals surface area contributed by atoms with Crippen LogP contribution in [0, 0.1) is 13.8 Å². The molecular formula is C17H21N3O6S2. The summed E-state index contributed by atoms with van der Waals surface area (Å²) in [6, 6.07) is 0. The summed E-state index contributed by atoms with van der Waals surface area (Å²) in [7, 11) is 0. The van der Waals surface area contributed by atoms with Gasteiger partial charge in [-0.1, -0.05) is 24.0 Å². The van der Waals surface area contributed by atoms with Gasteiger partial charge in [-0.15, -0.1) is 0 Å². The molecule has 2 amide bonds. The molecule has 0 unspecified atom stereocenters. The number of carbonyl (C=O) groups is 4. The van der Waals surface area contributed by atoms with Gasteiger partial charge in [0, 0.05) is 18.8 Å². The smallest absolute Gasteiger partial charge is 0.355 e. The van der Waals surface area contributed by atoms with Gasteiger partial charge in [0.2, 0.25) is 5.91 Å². The Hall–Kier alpha value is -2.40. The molecule has 0 radical (unpaired) electrons. The summed E-state index contributed by atoms with van der Waals surface area (Å²) < 4.78 is 10.5. The van der Waals surface area contributed by atoms with E-state index in [1.54, 1.807) is 20.8 Å². The van der Waals surface area contributed by atoms with Crippen LogP contribution >= 0.6 is 24.0 Å². The summed E-state index contributed by atoms with van der Waals surface area (Å²) in [5.41, 5.74) is 1.26. The van der Waals surface area contributed by atoms with Gasteiger partial charge in [0.15, 0.2) is 6.61 Å². The summed E-state index contributed by atoms with van der Waals surface area (Å²) in [5, 5.41) is 2.56. The van der Waals surface area contributed by atoms with E-state index in [1.165, 1.54) is 16.7 Å². The Kier molecular flexibility index (Phi) is 7.58. The highest BCUT2D eigenvalue weighted by Gasteiger charge is 2.26. The second-order valence-electron chi connectivity index (χ2n) is 5.87. The molecule has 0 bridgehead atoms.